The van der Waals surface area contributed by atoms with E-state index in [1.54, 1.807) is 6.07 Å². The highest BCUT2D eigenvalue weighted by molar-refractivity contribution is 8.13. The van der Waals surface area contributed by atoms with Crippen molar-refractivity contribution in [3.63, 3.8) is 0 Å². The molecule has 1 aromatic carbocycles. The van der Waals surface area contributed by atoms with Gasteiger partial charge in [0, 0.05) is 19.2 Å². The minimum absolute atomic E-state index is 0.319. The van der Waals surface area contributed by atoms with Gasteiger partial charge in [0.2, 0.25) is 0 Å². The molecule has 1 N–H and O–H groups in total. The van der Waals surface area contributed by atoms with Crippen LogP contribution in [0.15, 0.2) is 23.2 Å². The Kier molecular flexibility index (Phi) is 5.45. The van der Waals surface area contributed by atoms with Gasteiger partial charge >= 0.3 is 0 Å². The van der Waals surface area contributed by atoms with E-state index in [0.29, 0.717) is 16.8 Å². The highest BCUT2D eigenvalue weighted by Crippen LogP contribution is 2.33. The van der Waals surface area contributed by atoms with Crippen LogP contribution < -0.4 is 10.2 Å². The molecule has 21 heavy (non-hydrogen) atoms. The number of amidine groups is 1. The number of rotatable bonds is 2. The molecule has 0 bridgehead atoms. The van der Waals surface area contributed by atoms with Gasteiger partial charge < -0.3 is 4.90 Å². The topological polar surface area (TPSA) is 51.4 Å². The molecule has 2 rings (SSSR count). The molecule has 1 atom stereocenters. The summed E-state index contributed by atoms with van der Waals surface area (Å²) in [6.07, 6.45) is 6.03. The fourth-order valence-corrected chi connectivity index (χ4v) is 2.88. The zero-order valence-corrected chi connectivity index (χ0v) is 13.1. The summed E-state index contributed by atoms with van der Waals surface area (Å²) in [4.78, 5) is 6.64. The molecule has 6 heteroatoms. The maximum absolute atomic E-state index is 13.6. The van der Waals surface area contributed by atoms with E-state index in [2.05, 4.69) is 22.1 Å². The van der Waals surface area contributed by atoms with Crippen molar-refractivity contribution in [1.29, 1.82) is 5.26 Å². The second-order valence-electron chi connectivity index (χ2n) is 5.18. The van der Waals surface area contributed by atoms with Crippen LogP contribution >= 0.6 is 11.8 Å². The lowest BCUT2D eigenvalue weighted by atomic mass is 9.99. The number of piperidine rings is 1. The quantitative estimate of drug-likeness (QED) is 0.393. The summed E-state index contributed by atoms with van der Waals surface area (Å²) >= 11 is 1.33. The number of nitrogens with zero attached hydrogens (tertiary/aromatic N) is 3. The number of hydrogen-bond donors (Lipinski definition) is 1. The van der Waals surface area contributed by atoms with E-state index in [4.69, 9.17) is 5.26 Å². The van der Waals surface area contributed by atoms with Gasteiger partial charge in [-0.15, -0.1) is 0 Å². The minimum atomic E-state index is -0.319. The van der Waals surface area contributed by atoms with E-state index in [0.717, 1.165) is 25.2 Å². The Balaban J connectivity index is 2.35. The monoisotopic (exact) mass is 306 g/mol. The Bertz CT molecular complexity index is 567. The lowest BCUT2D eigenvalue weighted by Gasteiger charge is -2.33. The van der Waals surface area contributed by atoms with Crippen LogP contribution in [0.2, 0.25) is 0 Å². The number of thioether (sulfide) groups is 1. The Morgan fingerprint density at radius 3 is 3.05 bits per heavy atom. The number of nitrogens with one attached hydrogen (secondary N) is 1. The summed E-state index contributed by atoms with van der Waals surface area (Å²) in [5.41, 5.74) is 1.49. The van der Waals surface area contributed by atoms with Gasteiger partial charge in [0.25, 0.3) is 0 Å². The summed E-state index contributed by atoms with van der Waals surface area (Å²) in [6, 6.07) is 4.66. The molecule has 1 heterocycles. The van der Waals surface area contributed by atoms with Gasteiger partial charge in [0.05, 0.1) is 11.4 Å². The van der Waals surface area contributed by atoms with Crippen molar-refractivity contribution in [2.75, 3.05) is 24.2 Å². The first kappa shape index (κ1) is 15.6. The Labute approximate surface area is 129 Å². The van der Waals surface area contributed by atoms with E-state index < -0.39 is 0 Å². The first-order valence-electron chi connectivity index (χ1n) is 6.96. The molecule has 1 aromatic rings. The van der Waals surface area contributed by atoms with Gasteiger partial charge in [-0.3, -0.25) is 5.32 Å². The number of benzene rings is 1. The highest BCUT2D eigenvalue weighted by Gasteiger charge is 2.19. The molecule has 1 fully saturated rings. The van der Waals surface area contributed by atoms with E-state index >= 15 is 0 Å². The Hall–Kier alpha value is -1.74. The van der Waals surface area contributed by atoms with Crippen molar-refractivity contribution in [3.05, 3.63) is 24.0 Å². The number of hydrogen-bond acceptors (Lipinski definition) is 4. The normalized spacial score (nSPS) is 19.2. The lowest BCUT2D eigenvalue weighted by Crippen LogP contribution is -2.34. The van der Waals surface area contributed by atoms with Crippen molar-refractivity contribution in [3.8, 4) is 6.19 Å². The van der Waals surface area contributed by atoms with E-state index in [1.165, 1.54) is 30.3 Å². The number of aliphatic imine (C=N–C) groups is 1. The summed E-state index contributed by atoms with van der Waals surface area (Å²) in [7, 11) is 0. The highest BCUT2D eigenvalue weighted by atomic mass is 32.2. The molecular weight excluding hydrogens is 287 g/mol. The molecule has 0 amide bonds. The van der Waals surface area contributed by atoms with Crippen LogP contribution in [-0.2, 0) is 0 Å². The number of nitriles is 1. The van der Waals surface area contributed by atoms with Crippen molar-refractivity contribution in [1.82, 2.24) is 5.32 Å². The number of halogens is 1. The Morgan fingerprint density at radius 1 is 1.57 bits per heavy atom. The third-order valence-corrected chi connectivity index (χ3v) is 4.09. The van der Waals surface area contributed by atoms with Gasteiger partial charge in [-0.2, -0.15) is 5.26 Å². The first-order chi connectivity index (χ1) is 10.1. The molecule has 1 aliphatic heterocycles. The fraction of sp³-hybridized carbons (Fsp3) is 0.467. The summed E-state index contributed by atoms with van der Waals surface area (Å²) in [5, 5.41) is 11.7. The SMILES string of the molecule is CSC(=Nc1cc(F)ccc1N1CCCC(C)C1)NC#N. The average Bonchev–Trinajstić information content (AvgIpc) is 2.47. The molecule has 0 aromatic heterocycles. The summed E-state index contributed by atoms with van der Waals surface area (Å²) in [6.45, 7) is 4.14. The molecule has 112 valence electrons. The van der Waals surface area contributed by atoms with Crippen molar-refractivity contribution in [2.24, 2.45) is 10.9 Å². The predicted molar refractivity (Wildman–Crippen MR) is 86.4 cm³/mol. The zero-order chi connectivity index (χ0) is 15.2. The van der Waals surface area contributed by atoms with Gasteiger partial charge in [0.1, 0.15) is 5.82 Å². The molecule has 4 nitrogen and oxygen atoms in total. The molecule has 1 saturated heterocycles. The van der Waals surface area contributed by atoms with Gasteiger partial charge in [-0.25, -0.2) is 9.38 Å². The molecule has 0 spiro atoms. The lowest BCUT2D eigenvalue weighted by molar-refractivity contribution is 0.447. The molecule has 1 aliphatic rings. The first-order valence-corrected chi connectivity index (χ1v) is 8.18. The van der Waals surface area contributed by atoms with Gasteiger partial charge in [0.15, 0.2) is 11.4 Å². The van der Waals surface area contributed by atoms with E-state index in [1.807, 2.05) is 12.4 Å². The molecule has 0 radical (unpaired) electrons. The maximum Gasteiger partial charge on any atom is 0.183 e. The smallest absolute Gasteiger partial charge is 0.183 e. The van der Waals surface area contributed by atoms with Crippen LogP contribution in [0.4, 0.5) is 15.8 Å². The standard InChI is InChI=1S/C15H19FN4S/c1-11-4-3-7-20(9-11)14-6-5-12(16)8-13(14)19-15(21-2)18-10-17/h5-6,8,11H,3-4,7,9H2,1-2H3,(H,18,19). The van der Waals surface area contributed by atoms with Gasteiger partial charge in [-0.1, -0.05) is 18.7 Å². The third kappa shape index (κ3) is 4.11. The van der Waals surface area contributed by atoms with Crippen molar-refractivity contribution < 1.29 is 4.39 Å². The largest absolute Gasteiger partial charge is 0.370 e. The average molecular weight is 306 g/mol. The summed E-state index contributed by atoms with van der Waals surface area (Å²) in [5.74, 6) is 0.304. The van der Waals surface area contributed by atoms with Crippen LogP contribution in [0.5, 0.6) is 0 Å². The molecular formula is C15H19FN4S. The van der Waals surface area contributed by atoms with Crippen LogP contribution in [0.25, 0.3) is 0 Å². The predicted octanol–water partition coefficient (Wildman–Crippen LogP) is 3.48. The second-order valence-corrected chi connectivity index (χ2v) is 5.98. The van der Waals surface area contributed by atoms with E-state index in [9.17, 15) is 4.39 Å². The summed E-state index contributed by atoms with van der Waals surface area (Å²) < 4.78 is 13.6. The van der Waals surface area contributed by atoms with Crippen LogP contribution in [0.3, 0.4) is 0 Å². The fourth-order valence-electron chi connectivity index (χ4n) is 2.54. The van der Waals surface area contributed by atoms with Crippen molar-refractivity contribution in [2.45, 2.75) is 19.8 Å². The minimum Gasteiger partial charge on any atom is -0.370 e. The molecule has 1 unspecified atom stereocenters. The van der Waals surface area contributed by atoms with Crippen LogP contribution in [0, 0.1) is 23.2 Å². The van der Waals surface area contributed by atoms with Gasteiger partial charge in [-0.05, 0) is 37.1 Å². The molecule has 0 saturated carbocycles. The Morgan fingerprint density at radius 2 is 2.38 bits per heavy atom. The number of anilines is 1. The van der Waals surface area contributed by atoms with Crippen LogP contribution in [-0.4, -0.2) is 24.5 Å². The third-order valence-electron chi connectivity index (χ3n) is 3.51. The van der Waals surface area contributed by atoms with E-state index in [-0.39, 0.29) is 5.82 Å². The van der Waals surface area contributed by atoms with Crippen LogP contribution in [0.1, 0.15) is 19.8 Å². The zero-order valence-electron chi connectivity index (χ0n) is 12.3. The van der Waals surface area contributed by atoms with Crippen molar-refractivity contribution >= 4 is 28.3 Å². The second kappa shape index (κ2) is 7.32. The molecule has 0 aliphatic carbocycles. The maximum atomic E-state index is 13.6.